The standard InChI is InChI=1S/C24H35NO2/c1-17-8-9-21(18(2)14-17)15-25-16-23-20-12-10-19(11-13-20)22(23)6-4-3-5-7-24(26)27/h4,6,8-9,14,19-20,22-23,25H,3,5,7,10-13,15-16H2,1-2H3,(H,26,27)/b6-4-/t19?,20?,22-,23-/m0/s1. The molecule has 3 heteroatoms. The average molecular weight is 370 g/mol. The molecule has 3 aliphatic carbocycles. The number of aliphatic carboxylic acids is 1. The number of unbranched alkanes of at least 4 members (excludes halogenated alkanes) is 1. The molecule has 3 nitrogen and oxygen atoms in total. The number of aryl methyl sites for hydroxylation is 2. The summed E-state index contributed by atoms with van der Waals surface area (Å²) in [5.74, 6) is 2.41. The predicted octanol–water partition coefficient (Wildman–Crippen LogP) is 5.26. The third-order valence-electron chi connectivity index (χ3n) is 6.77. The van der Waals surface area contributed by atoms with E-state index in [2.05, 4.69) is 49.5 Å². The molecule has 1 aromatic carbocycles. The Labute approximate surface area is 164 Å². The molecular formula is C24H35NO2. The first kappa shape index (κ1) is 20.1. The first-order valence-electron chi connectivity index (χ1n) is 10.7. The molecule has 0 unspecified atom stereocenters. The highest BCUT2D eigenvalue weighted by atomic mass is 16.4. The highest BCUT2D eigenvalue weighted by Gasteiger charge is 2.41. The molecule has 0 aromatic heterocycles. The van der Waals surface area contributed by atoms with Crippen molar-refractivity contribution in [1.29, 1.82) is 0 Å². The van der Waals surface area contributed by atoms with Gasteiger partial charge in [-0.15, -0.1) is 0 Å². The van der Waals surface area contributed by atoms with Gasteiger partial charge in [0.2, 0.25) is 0 Å². The Morgan fingerprint density at radius 3 is 2.63 bits per heavy atom. The van der Waals surface area contributed by atoms with Gasteiger partial charge in [-0.3, -0.25) is 4.79 Å². The van der Waals surface area contributed by atoms with Crippen molar-refractivity contribution in [3.63, 3.8) is 0 Å². The first-order chi connectivity index (χ1) is 13.0. The van der Waals surface area contributed by atoms with Crippen molar-refractivity contribution in [3.8, 4) is 0 Å². The van der Waals surface area contributed by atoms with Crippen molar-refractivity contribution >= 4 is 5.97 Å². The Hall–Kier alpha value is -1.61. The van der Waals surface area contributed by atoms with E-state index in [1.807, 2.05) is 0 Å². The van der Waals surface area contributed by atoms with E-state index >= 15 is 0 Å². The van der Waals surface area contributed by atoms with Crippen molar-refractivity contribution in [2.24, 2.45) is 23.7 Å². The number of allylic oxidation sites excluding steroid dienone is 2. The zero-order chi connectivity index (χ0) is 19.2. The van der Waals surface area contributed by atoms with Gasteiger partial charge in [-0.1, -0.05) is 35.9 Å². The fourth-order valence-electron chi connectivity index (χ4n) is 5.27. The minimum atomic E-state index is -0.686. The minimum Gasteiger partial charge on any atom is -0.481 e. The minimum absolute atomic E-state index is 0.280. The molecule has 2 atom stereocenters. The van der Waals surface area contributed by atoms with E-state index in [9.17, 15) is 4.79 Å². The van der Waals surface area contributed by atoms with Crippen LogP contribution in [0.1, 0.15) is 61.6 Å². The Bertz CT molecular complexity index is 658. The van der Waals surface area contributed by atoms with Gasteiger partial charge in [0.15, 0.2) is 0 Å². The highest BCUT2D eigenvalue weighted by molar-refractivity contribution is 5.66. The molecule has 27 heavy (non-hydrogen) atoms. The molecule has 3 saturated carbocycles. The van der Waals surface area contributed by atoms with Crippen LogP contribution < -0.4 is 5.32 Å². The fraction of sp³-hybridized carbons (Fsp3) is 0.625. The molecule has 3 fully saturated rings. The first-order valence-corrected chi connectivity index (χ1v) is 10.7. The topological polar surface area (TPSA) is 49.3 Å². The van der Waals surface area contributed by atoms with Gasteiger partial charge >= 0.3 is 5.97 Å². The van der Waals surface area contributed by atoms with Gasteiger partial charge in [0.05, 0.1) is 0 Å². The quantitative estimate of drug-likeness (QED) is 0.461. The number of carboxylic acid groups (broad SMARTS) is 1. The van der Waals surface area contributed by atoms with E-state index < -0.39 is 5.97 Å². The van der Waals surface area contributed by atoms with Crippen LogP contribution in [0, 0.1) is 37.5 Å². The summed E-state index contributed by atoms with van der Waals surface area (Å²) in [6, 6.07) is 6.72. The fourth-order valence-corrected chi connectivity index (χ4v) is 5.27. The van der Waals surface area contributed by atoms with Crippen LogP contribution in [0.15, 0.2) is 30.4 Å². The number of hydrogen-bond acceptors (Lipinski definition) is 2. The van der Waals surface area contributed by atoms with Crippen molar-refractivity contribution < 1.29 is 9.90 Å². The molecule has 0 amide bonds. The molecular weight excluding hydrogens is 334 g/mol. The second kappa shape index (κ2) is 9.54. The largest absolute Gasteiger partial charge is 0.481 e. The van der Waals surface area contributed by atoms with Crippen molar-refractivity contribution in [1.82, 2.24) is 5.32 Å². The number of hydrogen-bond donors (Lipinski definition) is 2. The molecule has 0 saturated heterocycles. The van der Waals surface area contributed by atoms with E-state index in [1.54, 1.807) is 0 Å². The molecule has 0 radical (unpaired) electrons. The van der Waals surface area contributed by atoms with Crippen LogP contribution in [0.2, 0.25) is 0 Å². The summed E-state index contributed by atoms with van der Waals surface area (Å²) in [5, 5.41) is 12.5. The Balaban J connectivity index is 1.54. The lowest BCUT2D eigenvalue weighted by atomic mass is 9.58. The molecule has 0 spiro atoms. The molecule has 4 rings (SSSR count). The number of benzene rings is 1. The smallest absolute Gasteiger partial charge is 0.303 e. The summed E-state index contributed by atoms with van der Waals surface area (Å²) in [7, 11) is 0. The lowest BCUT2D eigenvalue weighted by molar-refractivity contribution is -0.137. The van der Waals surface area contributed by atoms with Crippen LogP contribution >= 0.6 is 0 Å². The Morgan fingerprint density at radius 2 is 1.93 bits per heavy atom. The monoisotopic (exact) mass is 369 g/mol. The van der Waals surface area contributed by atoms with Gasteiger partial charge in [0.25, 0.3) is 0 Å². The molecule has 2 N–H and O–H groups in total. The van der Waals surface area contributed by atoms with E-state index in [0.717, 1.165) is 43.7 Å². The zero-order valence-corrected chi connectivity index (χ0v) is 16.9. The van der Waals surface area contributed by atoms with Gasteiger partial charge in [-0.25, -0.2) is 0 Å². The van der Waals surface area contributed by atoms with Crippen LogP contribution in [0.25, 0.3) is 0 Å². The van der Waals surface area contributed by atoms with Crippen LogP contribution in [0.4, 0.5) is 0 Å². The number of fused-ring (bicyclic) bond motifs is 3. The van der Waals surface area contributed by atoms with E-state index in [-0.39, 0.29) is 6.42 Å². The maximum absolute atomic E-state index is 10.7. The summed E-state index contributed by atoms with van der Waals surface area (Å²) in [6.07, 6.45) is 12.2. The molecule has 148 valence electrons. The average Bonchev–Trinajstić information content (AvgIpc) is 2.64. The van der Waals surface area contributed by atoms with E-state index in [0.29, 0.717) is 5.92 Å². The SMILES string of the molecule is Cc1ccc(CNC[C@H]2C3CCC(CC3)[C@@H]2/C=C\CCCC(=O)O)c(C)c1. The number of carbonyl (C=O) groups is 1. The number of carboxylic acids is 1. The predicted molar refractivity (Wildman–Crippen MR) is 111 cm³/mol. The van der Waals surface area contributed by atoms with Crippen LogP contribution in [0.3, 0.4) is 0 Å². The van der Waals surface area contributed by atoms with Crippen molar-refractivity contribution in [3.05, 3.63) is 47.0 Å². The summed E-state index contributed by atoms with van der Waals surface area (Å²) < 4.78 is 0. The Kier molecular flexibility index (Phi) is 7.12. The second-order valence-electron chi connectivity index (χ2n) is 8.69. The maximum Gasteiger partial charge on any atom is 0.303 e. The molecule has 0 aliphatic heterocycles. The summed E-state index contributed by atoms with van der Waals surface area (Å²) in [5.41, 5.74) is 4.11. The van der Waals surface area contributed by atoms with Gasteiger partial charge in [-0.05, 0) is 93.7 Å². The van der Waals surface area contributed by atoms with Crippen LogP contribution in [-0.4, -0.2) is 17.6 Å². The Morgan fingerprint density at radius 1 is 1.19 bits per heavy atom. The van der Waals surface area contributed by atoms with Gasteiger partial charge in [0, 0.05) is 13.0 Å². The summed E-state index contributed by atoms with van der Waals surface area (Å²) in [4.78, 5) is 10.7. The molecule has 1 aromatic rings. The molecule has 0 heterocycles. The molecule has 3 aliphatic rings. The third-order valence-corrected chi connectivity index (χ3v) is 6.77. The van der Waals surface area contributed by atoms with E-state index in [4.69, 9.17) is 5.11 Å². The lowest BCUT2D eigenvalue weighted by Gasteiger charge is -2.48. The maximum atomic E-state index is 10.7. The lowest BCUT2D eigenvalue weighted by Crippen LogP contribution is -2.43. The molecule has 2 bridgehead atoms. The van der Waals surface area contributed by atoms with E-state index in [1.165, 1.54) is 42.4 Å². The van der Waals surface area contributed by atoms with Crippen molar-refractivity contribution in [2.45, 2.75) is 65.3 Å². The van der Waals surface area contributed by atoms with Gasteiger partial charge < -0.3 is 10.4 Å². The van der Waals surface area contributed by atoms with Crippen molar-refractivity contribution in [2.75, 3.05) is 6.54 Å². The highest BCUT2D eigenvalue weighted by Crippen LogP contribution is 2.49. The van der Waals surface area contributed by atoms with Crippen LogP contribution in [0.5, 0.6) is 0 Å². The van der Waals surface area contributed by atoms with Gasteiger partial charge in [0.1, 0.15) is 0 Å². The second-order valence-corrected chi connectivity index (χ2v) is 8.69. The number of nitrogens with one attached hydrogen (secondary N) is 1. The summed E-state index contributed by atoms with van der Waals surface area (Å²) >= 11 is 0. The normalized spacial score (nSPS) is 27.3. The number of rotatable bonds is 9. The van der Waals surface area contributed by atoms with Gasteiger partial charge in [-0.2, -0.15) is 0 Å². The zero-order valence-electron chi connectivity index (χ0n) is 16.9. The summed E-state index contributed by atoms with van der Waals surface area (Å²) in [6.45, 7) is 6.40. The third kappa shape index (κ3) is 5.44. The van der Waals surface area contributed by atoms with Crippen LogP contribution in [-0.2, 0) is 11.3 Å².